The number of aromatic nitrogens is 3. The minimum atomic E-state index is -0.638. The lowest BCUT2D eigenvalue weighted by molar-refractivity contribution is -0.117. The number of ether oxygens (including phenoxy) is 1. The van der Waals surface area contributed by atoms with Gasteiger partial charge in [0.1, 0.15) is 12.3 Å². The summed E-state index contributed by atoms with van der Waals surface area (Å²) in [6.45, 7) is -0.298. The van der Waals surface area contributed by atoms with Gasteiger partial charge in [-0.1, -0.05) is 23.2 Å². The van der Waals surface area contributed by atoms with Crippen molar-refractivity contribution in [1.82, 2.24) is 14.8 Å². The van der Waals surface area contributed by atoms with Crippen LogP contribution in [0.3, 0.4) is 0 Å². The molecule has 0 aliphatic rings. The fourth-order valence-electron chi connectivity index (χ4n) is 2.29. The number of hydrogen-bond donors (Lipinski definition) is 1. The minimum absolute atomic E-state index is 0.295. The monoisotopic (exact) mass is 404 g/mol. The Balaban J connectivity index is 1.73. The number of benzene rings is 2. The van der Waals surface area contributed by atoms with E-state index in [0.717, 1.165) is 4.68 Å². The number of methoxy groups -OCH3 is 1. The van der Waals surface area contributed by atoms with Crippen molar-refractivity contribution >= 4 is 34.8 Å². The highest BCUT2D eigenvalue weighted by atomic mass is 35.5. The first-order valence-corrected chi connectivity index (χ1v) is 8.55. The lowest BCUT2D eigenvalue weighted by Gasteiger charge is -2.09. The first kappa shape index (κ1) is 18.9. The summed E-state index contributed by atoms with van der Waals surface area (Å²) in [7, 11) is 1.57. The van der Waals surface area contributed by atoms with Gasteiger partial charge in [0.2, 0.25) is 5.91 Å². The van der Waals surface area contributed by atoms with E-state index in [-0.39, 0.29) is 6.54 Å². The zero-order valence-corrected chi connectivity index (χ0v) is 15.7. The van der Waals surface area contributed by atoms with Crippen LogP contribution >= 0.6 is 23.2 Å². The van der Waals surface area contributed by atoms with Crippen molar-refractivity contribution in [3.63, 3.8) is 0 Å². The van der Waals surface area contributed by atoms with Crippen molar-refractivity contribution in [3.05, 3.63) is 69.2 Å². The van der Waals surface area contributed by atoms with Gasteiger partial charge in [-0.15, -0.1) is 0 Å². The van der Waals surface area contributed by atoms with E-state index in [1.54, 1.807) is 43.5 Å². The molecule has 0 aliphatic carbocycles. The molecular weight excluding hydrogens is 391 g/mol. The van der Waals surface area contributed by atoms with E-state index < -0.39 is 11.6 Å². The number of nitrogens with one attached hydrogen (secondary N) is 1. The Morgan fingerprint density at radius 3 is 2.56 bits per heavy atom. The summed E-state index contributed by atoms with van der Waals surface area (Å²) in [6.07, 6.45) is 1.42. The first-order valence-electron chi connectivity index (χ1n) is 7.80. The Bertz CT molecular complexity index is 1040. The average molecular weight is 405 g/mol. The van der Waals surface area contributed by atoms with Gasteiger partial charge in [0, 0.05) is 10.6 Å². The second-order valence-corrected chi connectivity index (χ2v) is 6.33. The van der Waals surface area contributed by atoms with Crippen LogP contribution in [0.4, 0.5) is 5.69 Å². The molecule has 0 unspecified atom stereocenters. The summed E-state index contributed by atoms with van der Waals surface area (Å²) in [5.41, 5.74) is 0.868. The molecule has 0 bridgehead atoms. The Hall–Kier alpha value is -2.90. The highest BCUT2D eigenvalue weighted by Gasteiger charge is 2.11. The molecule has 0 saturated carbocycles. The van der Waals surface area contributed by atoms with Crippen LogP contribution in [0.25, 0.3) is 11.3 Å². The quantitative estimate of drug-likeness (QED) is 0.704. The fraction of sp³-hybridized carbons (Fsp3) is 0.111. The van der Waals surface area contributed by atoms with Crippen LogP contribution in [0.15, 0.2) is 53.5 Å². The maximum atomic E-state index is 12.2. The summed E-state index contributed by atoms with van der Waals surface area (Å²) in [4.78, 5) is 28.3. The molecule has 3 rings (SSSR count). The van der Waals surface area contributed by atoms with Crippen molar-refractivity contribution in [2.75, 3.05) is 12.4 Å². The smallest absolute Gasteiger partial charge is 0.365 e. The van der Waals surface area contributed by atoms with E-state index in [4.69, 9.17) is 27.9 Å². The molecule has 7 nitrogen and oxygen atoms in total. The lowest BCUT2D eigenvalue weighted by atomic mass is 10.1. The normalized spacial score (nSPS) is 10.5. The highest BCUT2D eigenvalue weighted by molar-refractivity contribution is 6.36. The molecule has 138 valence electrons. The molecule has 9 heteroatoms. The van der Waals surface area contributed by atoms with Crippen molar-refractivity contribution in [2.45, 2.75) is 6.54 Å². The number of halogens is 2. The van der Waals surface area contributed by atoms with E-state index in [1.807, 2.05) is 0 Å². The van der Waals surface area contributed by atoms with Gasteiger partial charge < -0.3 is 10.1 Å². The third kappa shape index (κ3) is 4.64. The Morgan fingerprint density at radius 1 is 1.19 bits per heavy atom. The number of rotatable bonds is 5. The van der Waals surface area contributed by atoms with E-state index in [0.29, 0.717) is 32.7 Å². The standard InChI is InChI=1S/C18H14Cl2N4O3/c1-27-13-5-2-11(3-6-13)16-9-21-24(18(26)23-16)10-17(25)22-15-7-4-12(19)8-14(15)20/h2-9H,10H2,1H3,(H,22,25). The SMILES string of the molecule is COc1ccc(-c2cnn(CC(=O)Nc3ccc(Cl)cc3Cl)c(=O)n2)cc1. The number of carbonyl (C=O) groups is 1. The van der Waals surface area contributed by atoms with E-state index in [1.165, 1.54) is 12.3 Å². The summed E-state index contributed by atoms with van der Waals surface area (Å²) in [5.74, 6) is 0.227. The topological polar surface area (TPSA) is 86.1 Å². The molecule has 0 aliphatic heterocycles. The van der Waals surface area contributed by atoms with Crippen LogP contribution in [-0.2, 0) is 11.3 Å². The van der Waals surface area contributed by atoms with Crippen LogP contribution in [0, 0.1) is 0 Å². The molecule has 27 heavy (non-hydrogen) atoms. The number of carbonyl (C=O) groups excluding carboxylic acids is 1. The van der Waals surface area contributed by atoms with E-state index >= 15 is 0 Å². The third-order valence-electron chi connectivity index (χ3n) is 3.64. The van der Waals surface area contributed by atoms with Gasteiger partial charge in [-0.2, -0.15) is 10.1 Å². The highest BCUT2D eigenvalue weighted by Crippen LogP contribution is 2.25. The second-order valence-electron chi connectivity index (χ2n) is 5.48. The summed E-state index contributed by atoms with van der Waals surface area (Å²) in [6, 6.07) is 11.7. The summed E-state index contributed by atoms with van der Waals surface area (Å²) in [5, 5.41) is 7.36. The van der Waals surface area contributed by atoms with Crippen LogP contribution in [0.2, 0.25) is 10.0 Å². The number of anilines is 1. The lowest BCUT2D eigenvalue weighted by Crippen LogP contribution is -2.31. The predicted octanol–water partition coefficient (Wildman–Crippen LogP) is 3.26. The van der Waals surface area contributed by atoms with Crippen LogP contribution in [0.5, 0.6) is 5.75 Å². The van der Waals surface area contributed by atoms with Gasteiger partial charge in [0.15, 0.2) is 0 Å². The fourth-order valence-corrected chi connectivity index (χ4v) is 2.75. The molecule has 0 saturated heterocycles. The number of hydrogen-bond acceptors (Lipinski definition) is 5. The molecule has 0 spiro atoms. The van der Waals surface area contributed by atoms with Crippen molar-refractivity contribution in [1.29, 1.82) is 0 Å². The van der Waals surface area contributed by atoms with Crippen molar-refractivity contribution < 1.29 is 9.53 Å². The first-order chi connectivity index (χ1) is 13.0. The molecule has 1 N–H and O–H groups in total. The molecule has 0 fully saturated rings. The van der Waals surface area contributed by atoms with Gasteiger partial charge in [-0.3, -0.25) is 4.79 Å². The molecule has 1 heterocycles. The maximum absolute atomic E-state index is 12.2. The Morgan fingerprint density at radius 2 is 1.93 bits per heavy atom. The Labute approximate surface area is 164 Å². The summed E-state index contributed by atoms with van der Waals surface area (Å²) < 4.78 is 6.06. The van der Waals surface area contributed by atoms with Gasteiger partial charge in [0.25, 0.3) is 0 Å². The van der Waals surface area contributed by atoms with E-state index in [2.05, 4.69) is 15.4 Å². The van der Waals surface area contributed by atoms with Crippen LogP contribution in [0.1, 0.15) is 0 Å². The maximum Gasteiger partial charge on any atom is 0.365 e. The van der Waals surface area contributed by atoms with Gasteiger partial charge in [0.05, 0.1) is 29.7 Å². The second kappa shape index (κ2) is 8.20. The molecule has 1 amide bonds. The zero-order chi connectivity index (χ0) is 19.4. The largest absolute Gasteiger partial charge is 0.497 e. The van der Waals surface area contributed by atoms with Crippen LogP contribution < -0.4 is 15.7 Å². The third-order valence-corrected chi connectivity index (χ3v) is 4.19. The molecule has 1 aromatic heterocycles. The molecule has 0 atom stereocenters. The van der Waals surface area contributed by atoms with Gasteiger partial charge >= 0.3 is 5.69 Å². The van der Waals surface area contributed by atoms with E-state index in [9.17, 15) is 9.59 Å². The molecule has 3 aromatic rings. The average Bonchev–Trinajstić information content (AvgIpc) is 2.66. The number of amides is 1. The zero-order valence-electron chi connectivity index (χ0n) is 14.1. The molecular formula is C18H14Cl2N4O3. The van der Waals surface area contributed by atoms with Gasteiger partial charge in [-0.25, -0.2) is 9.48 Å². The van der Waals surface area contributed by atoms with Gasteiger partial charge in [-0.05, 0) is 42.5 Å². The van der Waals surface area contributed by atoms with Crippen molar-refractivity contribution in [3.8, 4) is 17.0 Å². The van der Waals surface area contributed by atoms with Crippen LogP contribution in [-0.4, -0.2) is 27.8 Å². The molecule has 2 aromatic carbocycles. The minimum Gasteiger partial charge on any atom is -0.497 e. The summed E-state index contributed by atoms with van der Waals surface area (Å²) >= 11 is 11.8. The van der Waals surface area contributed by atoms with Crippen molar-refractivity contribution in [2.24, 2.45) is 0 Å². The molecule has 0 radical (unpaired) electrons. The predicted molar refractivity (Wildman–Crippen MR) is 103 cm³/mol. The number of nitrogens with zero attached hydrogens (tertiary/aromatic N) is 3. The Kier molecular flexibility index (Phi) is 5.73.